The summed E-state index contributed by atoms with van der Waals surface area (Å²) in [6.07, 6.45) is 2.22. The van der Waals surface area contributed by atoms with Crippen molar-refractivity contribution in [2.75, 3.05) is 0 Å². The first-order valence-corrected chi connectivity index (χ1v) is 6.15. The Hall–Kier alpha value is -2.07. The van der Waals surface area contributed by atoms with Crippen molar-refractivity contribution < 1.29 is 4.39 Å². The van der Waals surface area contributed by atoms with E-state index >= 15 is 0 Å². The molecule has 0 aliphatic heterocycles. The van der Waals surface area contributed by atoms with Crippen LogP contribution in [0.5, 0.6) is 0 Å². The summed E-state index contributed by atoms with van der Waals surface area (Å²) >= 11 is 0. The monoisotopic (exact) mass is 238 g/mol. The standard InChI is InChI=1S/C17H15F/c1-2-5-14-8-10-15(11-9-14)12-13-16-6-3-4-7-17(16)18/h3-4,6-11H,2,5H2,1H3. The van der Waals surface area contributed by atoms with Gasteiger partial charge in [0, 0.05) is 5.56 Å². The van der Waals surface area contributed by atoms with Crippen LogP contribution < -0.4 is 0 Å². The zero-order chi connectivity index (χ0) is 12.8. The first-order chi connectivity index (χ1) is 8.79. The molecule has 0 saturated heterocycles. The van der Waals surface area contributed by atoms with Gasteiger partial charge in [-0.05, 0) is 36.2 Å². The van der Waals surface area contributed by atoms with Gasteiger partial charge in [0.1, 0.15) is 5.82 Å². The molecular formula is C17H15F. The molecule has 2 aromatic carbocycles. The van der Waals surface area contributed by atoms with Gasteiger partial charge in [0.05, 0.1) is 5.56 Å². The second-order valence-electron chi connectivity index (χ2n) is 4.18. The number of hydrogen-bond donors (Lipinski definition) is 0. The SMILES string of the molecule is CCCc1ccc(C#Cc2ccccc2F)cc1. The average molecular weight is 238 g/mol. The summed E-state index contributed by atoms with van der Waals surface area (Å²) < 4.78 is 13.4. The second kappa shape index (κ2) is 6.02. The highest BCUT2D eigenvalue weighted by Gasteiger charge is 1.95. The molecule has 0 aromatic heterocycles. The number of benzene rings is 2. The fourth-order valence-electron chi connectivity index (χ4n) is 1.75. The molecule has 90 valence electrons. The van der Waals surface area contributed by atoms with Gasteiger partial charge in [-0.1, -0.05) is 49.5 Å². The molecule has 0 saturated carbocycles. The van der Waals surface area contributed by atoms with Gasteiger partial charge in [-0.25, -0.2) is 4.39 Å². The van der Waals surface area contributed by atoms with Gasteiger partial charge in [-0.3, -0.25) is 0 Å². The highest BCUT2D eigenvalue weighted by Crippen LogP contribution is 2.07. The number of aryl methyl sites for hydroxylation is 1. The van der Waals surface area contributed by atoms with Crippen LogP contribution in [-0.4, -0.2) is 0 Å². The zero-order valence-corrected chi connectivity index (χ0v) is 10.4. The van der Waals surface area contributed by atoms with E-state index in [1.807, 2.05) is 12.1 Å². The maximum atomic E-state index is 13.4. The Bertz CT molecular complexity index is 571. The van der Waals surface area contributed by atoms with Crippen LogP contribution in [0.4, 0.5) is 4.39 Å². The van der Waals surface area contributed by atoms with Gasteiger partial charge >= 0.3 is 0 Å². The topological polar surface area (TPSA) is 0 Å². The van der Waals surface area contributed by atoms with Crippen molar-refractivity contribution >= 4 is 0 Å². The van der Waals surface area contributed by atoms with Crippen LogP contribution in [-0.2, 0) is 6.42 Å². The van der Waals surface area contributed by atoms with Crippen LogP contribution in [0.3, 0.4) is 0 Å². The van der Waals surface area contributed by atoms with E-state index in [0.717, 1.165) is 18.4 Å². The Kier molecular flexibility index (Phi) is 4.15. The molecule has 0 nitrogen and oxygen atoms in total. The fourth-order valence-corrected chi connectivity index (χ4v) is 1.75. The van der Waals surface area contributed by atoms with Crippen molar-refractivity contribution in [1.29, 1.82) is 0 Å². The van der Waals surface area contributed by atoms with E-state index in [1.54, 1.807) is 18.2 Å². The van der Waals surface area contributed by atoms with Gasteiger partial charge in [-0.2, -0.15) is 0 Å². The van der Waals surface area contributed by atoms with Crippen molar-refractivity contribution in [3.63, 3.8) is 0 Å². The predicted octanol–water partition coefficient (Wildman–Crippen LogP) is 4.18. The van der Waals surface area contributed by atoms with E-state index in [9.17, 15) is 4.39 Å². The molecule has 0 aliphatic rings. The molecule has 0 fully saturated rings. The summed E-state index contributed by atoms with van der Waals surface area (Å²) in [5.74, 6) is 5.57. The van der Waals surface area contributed by atoms with Crippen molar-refractivity contribution in [2.24, 2.45) is 0 Å². The second-order valence-corrected chi connectivity index (χ2v) is 4.18. The molecule has 18 heavy (non-hydrogen) atoms. The van der Waals surface area contributed by atoms with E-state index < -0.39 is 0 Å². The third-order valence-electron chi connectivity index (χ3n) is 2.71. The first-order valence-electron chi connectivity index (χ1n) is 6.15. The lowest BCUT2D eigenvalue weighted by Crippen LogP contribution is -1.84. The van der Waals surface area contributed by atoms with Gasteiger partial charge < -0.3 is 0 Å². The molecule has 1 heteroatoms. The summed E-state index contributed by atoms with van der Waals surface area (Å²) in [5, 5.41) is 0. The summed E-state index contributed by atoms with van der Waals surface area (Å²) in [6.45, 7) is 2.16. The molecule has 0 radical (unpaired) electrons. The van der Waals surface area contributed by atoms with Gasteiger partial charge in [-0.15, -0.1) is 0 Å². The van der Waals surface area contributed by atoms with E-state index in [4.69, 9.17) is 0 Å². The smallest absolute Gasteiger partial charge is 0.138 e. The van der Waals surface area contributed by atoms with Crippen LogP contribution in [0.1, 0.15) is 30.0 Å². The average Bonchev–Trinajstić information content (AvgIpc) is 2.40. The van der Waals surface area contributed by atoms with Gasteiger partial charge in [0.2, 0.25) is 0 Å². The molecule has 0 atom stereocenters. The molecule has 0 heterocycles. The lowest BCUT2D eigenvalue weighted by molar-refractivity contribution is 0.624. The Balaban J connectivity index is 2.17. The van der Waals surface area contributed by atoms with Crippen LogP contribution in [0.25, 0.3) is 0 Å². The predicted molar refractivity (Wildman–Crippen MR) is 72.8 cm³/mol. The summed E-state index contributed by atoms with van der Waals surface area (Å²) in [7, 11) is 0. The molecule has 0 N–H and O–H groups in total. The highest BCUT2D eigenvalue weighted by atomic mass is 19.1. The molecule has 2 aromatic rings. The molecular weight excluding hydrogens is 223 g/mol. The first kappa shape index (κ1) is 12.4. The van der Waals surface area contributed by atoms with Crippen LogP contribution in [0, 0.1) is 17.7 Å². The number of rotatable bonds is 2. The van der Waals surface area contributed by atoms with Gasteiger partial charge in [0.15, 0.2) is 0 Å². The molecule has 0 bridgehead atoms. The van der Waals surface area contributed by atoms with E-state index in [-0.39, 0.29) is 5.82 Å². The fraction of sp³-hybridized carbons (Fsp3) is 0.176. The third kappa shape index (κ3) is 3.21. The summed E-state index contributed by atoms with van der Waals surface area (Å²) in [6, 6.07) is 14.7. The maximum Gasteiger partial charge on any atom is 0.138 e. The van der Waals surface area contributed by atoms with Crippen molar-refractivity contribution in [3.05, 3.63) is 71.0 Å². The Morgan fingerprint density at radius 3 is 2.33 bits per heavy atom. The normalized spacial score (nSPS) is 9.67. The quantitative estimate of drug-likeness (QED) is 0.688. The molecule has 0 amide bonds. The lowest BCUT2D eigenvalue weighted by atomic mass is 10.1. The Morgan fingerprint density at radius 2 is 1.67 bits per heavy atom. The van der Waals surface area contributed by atoms with Gasteiger partial charge in [0.25, 0.3) is 0 Å². The Labute approximate surface area is 107 Å². The maximum absolute atomic E-state index is 13.4. The van der Waals surface area contributed by atoms with E-state index in [2.05, 4.69) is 30.9 Å². The molecule has 0 aliphatic carbocycles. The number of hydrogen-bond acceptors (Lipinski definition) is 0. The van der Waals surface area contributed by atoms with Crippen LogP contribution >= 0.6 is 0 Å². The summed E-state index contributed by atoms with van der Waals surface area (Å²) in [5.41, 5.74) is 2.67. The van der Waals surface area contributed by atoms with Crippen molar-refractivity contribution in [3.8, 4) is 11.8 Å². The minimum absolute atomic E-state index is 0.271. The minimum atomic E-state index is -0.271. The zero-order valence-electron chi connectivity index (χ0n) is 10.4. The molecule has 0 unspecified atom stereocenters. The van der Waals surface area contributed by atoms with Crippen LogP contribution in [0.2, 0.25) is 0 Å². The third-order valence-corrected chi connectivity index (χ3v) is 2.71. The Morgan fingerprint density at radius 1 is 0.944 bits per heavy atom. The lowest BCUT2D eigenvalue weighted by Gasteiger charge is -1.97. The van der Waals surface area contributed by atoms with Crippen LogP contribution in [0.15, 0.2) is 48.5 Å². The van der Waals surface area contributed by atoms with E-state index in [0.29, 0.717) is 5.56 Å². The molecule has 2 rings (SSSR count). The summed E-state index contributed by atoms with van der Waals surface area (Å²) in [4.78, 5) is 0. The molecule has 0 spiro atoms. The van der Waals surface area contributed by atoms with E-state index in [1.165, 1.54) is 11.6 Å². The minimum Gasteiger partial charge on any atom is -0.206 e. The number of halogens is 1. The highest BCUT2D eigenvalue weighted by molar-refractivity contribution is 5.43. The largest absolute Gasteiger partial charge is 0.206 e. The van der Waals surface area contributed by atoms with Crippen molar-refractivity contribution in [2.45, 2.75) is 19.8 Å². The van der Waals surface area contributed by atoms with Crippen molar-refractivity contribution in [1.82, 2.24) is 0 Å².